The van der Waals surface area contributed by atoms with Crippen LogP contribution in [0, 0.1) is 18.6 Å². The molecule has 0 fully saturated rings. The van der Waals surface area contributed by atoms with Crippen LogP contribution >= 0.6 is 27.3 Å². The molecule has 96 valence electrons. The Morgan fingerprint density at radius 1 is 1.33 bits per heavy atom. The average molecular weight is 333 g/mol. The lowest BCUT2D eigenvalue weighted by molar-refractivity contribution is 0.596. The van der Waals surface area contributed by atoms with Gasteiger partial charge in [-0.2, -0.15) is 0 Å². The first-order chi connectivity index (χ1) is 8.58. The Bertz CT molecular complexity index is 557. The zero-order chi connectivity index (χ0) is 13.1. The third-order valence-electron chi connectivity index (χ3n) is 2.52. The Kier molecular flexibility index (Phi) is 4.29. The second-order valence-corrected chi connectivity index (χ2v) is 5.58. The summed E-state index contributed by atoms with van der Waals surface area (Å²) in [6, 6.07) is 2.27. The first-order valence-electron chi connectivity index (χ1n) is 5.35. The Hall–Kier alpha value is -1.01. The number of hydrogen-bond acceptors (Lipinski definition) is 3. The molecule has 0 aliphatic heterocycles. The van der Waals surface area contributed by atoms with E-state index in [9.17, 15) is 8.78 Å². The van der Waals surface area contributed by atoms with Gasteiger partial charge in [-0.25, -0.2) is 13.8 Å². The van der Waals surface area contributed by atoms with Crippen molar-refractivity contribution in [3.05, 3.63) is 44.3 Å². The Balaban J connectivity index is 1.99. The number of halogens is 3. The summed E-state index contributed by atoms with van der Waals surface area (Å²) in [5.74, 6) is -0.947. The first kappa shape index (κ1) is 13.4. The molecule has 0 aliphatic carbocycles. The fourth-order valence-electron chi connectivity index (χ4n) is 1.53. The summed E-state index contributed by atoms with van der Waals surface area (Å²) in [7, 11) is 0. The molecule has 1 aromatic heterocycles. The molecule has 0 bridgehead atoms. The van der Waals surface area contributed by atoms with Gasteiger partial charge in [0, 0.05) is 23.9 Å². The third kappa shape index (κ3) is 3.05. The fraction of sp³-hybridized carbons (Fsp3) is 0.250. The van der Waals surface area contributed by atoms with Gasteiger partial charge >= 0.3 is 0 Å². The molecule has 1 N–H and O–H groups in total. The zero-order valence-corrected chi connectivity index (χ0v) is 12.0. The van der Waals surface area contributed by atoms with Crippen LogP contribution in [0.4, 0.5) is 14.5 Å². The summed E-state index contributed by atoms with van der Waals surface area (Å²) in [5, 5.41) is 2.89. The highest BCUT2D eigenvalue weighted by atomic mass is 79.9. The highest BCUT2D eigenvalue weighted by Gasteiger charge is 2.08. The number of benzene rings is 1. The minimum absolute atomic E-state index is 0.129. The van der Waals surface area contributed by atoms with E-state index in [4.69, 9.17) is 0 Å². The molecule has 0 spiro atoms. The molecule has 0 saturated heterocycles. The van der Waals surface area contributed by atoms with Gasteiger partial charge in [0.25, 0.3) is 0 Å². The number of nitrogens with one attached hydrogen (secondary N) is 1. The lowest BCUT2D eigenvalue weighted by Crippen LogP contribution is -2.06. The molecule has 0 aliphatic rings. The summed E-state index contributed by atoms with van der Waals surface area (Å²) < 4.78 is 26.9. The van der Waals surface area contributed by atoms with Gasteiger partial charge in [-0.05, 0) is 28.9 Å². The lowest BCUT2D eigenvalue weighted by Gasteiger charge is -2.08. The summed E-state index contributed by atoms with van der Waals surface area (Å²) in [6.07, 6.45) is 0.744. The van der Waals surface area contributed by atoms with Crippen LogP contribution in [0.1, 0.15) is 10.6 Å². The SMILES string of the molecule is Cc1ncsc1CCNc1cc(F)c(Br)cc1F. The van der Waals surface area contributed by atoms with E-state index < -0.39 is 11.6 Å². The van der Waals surface area contributed by atoms with Crippen molar-refractivity contribution < 1.29 is 8.78 Å². The maximum Gasteiger partial charge on any atom is 0.147 e. The van der Waals surface area contributed by atoms with Crippen molar-refractivity contribution >= 4 is 33.0 Å². The summed E-state index contributed by atoms with van der Waals surface area (Å²) in [5.41, 5.74) is 2.95. The standard InChI is InChI=1S/C12H11BrF2N2S/c1-7-12(18-6-17-7)2-3-16-11-5-9(14)8(13)4-10(11)15/h4-6,16H,2-3H2,1H3. The topological polar surface area (TPSA) is 24.9 Å². The smallest absolute Gasteiger partial charge is 0.147 e. The highest BCUT2D eigenvalue weighted by Crippen LogP contribution is 2.23. The van der Waals surface area contributed by atoms with Crippen molar-refractivity contribution in [1.29, 1.82) is 0 Å². The molecule has 0 radical (unpaired) electrons. The van der Waals surface area contributed by atoms with Crippen molar-refractivity contribution in [3.63, 3.8) is 0 Å². The average Bonchev–Trinajstić information content (AvgIpc) is 2.72. The van der Waals surface area contributed by atoms with Gasteiger partial charge < -0.3 is 5.32 Å². The van der Waals surface area contributed by atoms with E-state index in [0.717, 1.165) is 29.1 Å². The molecular formula is C12H11BrF2N2S. The number of rotatable bonds is 4. The first-order valence-corrected chi connectivity index (χ1v) is 7.02. The maximum absolute atomic E-state index is 13.5. The molecule has 2 nitrogen and oxygen atoms in total. The van der Waals surface area contributed by atoms with Crippen LogP contribution in [0.2, 0.25) is 0 Å². The van der Waals surface area contributed by atoms with Crippen LogP contribution in [0.15, 0.2) is 22.1 Å². The Morgan fingerprint density at radius 3 is 2.78 bits per heavy atom. The predicted octanol–water partition coefficient (Wildman–Crippen LogP) is 4.15. The van der Waals surface area contributed by atoms with E-state index >= 15 is 0 Å². The van der Waals surface area contributed by atoms with E-state index in [0.29, 0.717) is 6.54 Å². The molecule has 0 unspecified atom stereocenters. The second kappa shape index (κ2) is 5.75. The minimum atomic E-state index is -0.479. The van der Waals surface area contributed by atoms with Crippen LogP contribution in [0.3, 0.4) is 0 Å². The quantitative estimate of drug-likeness (QED) is 0.851. The fourth-order valence-corrected chi connectivity index (χ4v) is 2.63. The van der Waals surface area contributed by atoms with E-state index in [-0.39, 0.29) is 10.2 Å². The molecule has 1 heterocycles. The third-order valence-corrected chi connectivity index (χ3v) is 4.12. The number of hydrogen-bond donors (Lipinski definition) is 1. The number of nitrogens with zero attached hydrogens (tertiary/aromatic N) is 1. The van der Waals surface area contributed by atoms with Crippen LogP contribution in [0.5, 0.6) is 0 Å². The molecule has 0 saturated carbocycles. The van der Waals surface area contributed by atoms with Crippen LogP contribution in [-0.2, 0) is 6.42 Å². The second-order valence-electron chi connectivity index (χ2n) is 3.78. The number of thiazole rings is 1. The minimum Gasteiger partial charge on any atom is -0.382 e. The van der Waals surface area contributed by atoms with Gasteiger partial charge in [-0.15, -0.1) is 11.3 Å². The van der Waals surface area contributed by atoms with Gasteiger partial charge in [0.05, 0.1) is 21.4 Å². The molecule has 0 amide bonds. The molecule has 1 aromatic carbocycles. The van der Waals surface area contributed by atoms with Crippen molar-refractivity contribution in [2.75, 3.05) is 11.9 Å². The van der Waals surface area contributed by atoms with E-state index in [1.807, 2.05) is 6.92 Å². The molecule has 0 atom stereocenters. The van der Waals surface area contributed by atoms with Crippen molar-refractivity contribution in [2.45, 2.75) is 13.3 Å². The van der Waals surface area contributed by atoms with Crippen molar-refractivity contribution in [3.8, 4) is 0 Å². The van der Waals surface area contributed by atoms with Crippen molar-refractivity contribution in [1.82, 2.24) is 4.98 Å². The normalized spacial score (nSPS) is 10.7. The molecular weight excluding hydrogens is 322 g/mol. The summed E-state index contributed by atoms with van der Waals surface area (Å²) in [6.45, 7) is 2.48. The molecule has 6 heteroatoms. The Labute approximate surface area is 116 Å². The van der Waals surface area contributed by atoms with Crippen molar-refractivity contribution in [2.24, 2.45) is 0 Å². The van der Waals surface area contributed by atoms with E-state index in [1.165, 1.54) is 0 Å². The van der Waals surface area contributed by atoms with Crippen LogP contribution in [-0.4, -0.2) is 11.5 Å². The van der Waals surface area contributed by atoms with Gasteiger partial charge in [0.1, 0.15) is 11.6 Å². The van der Waals surface area contributed by atoms with Crippen LogP contribution < -0.4 is 5.32 Å². The van der Waals surface area contributed by atoms with Crippen LogP contribution in [0.25, 0.3) is 0 Å². The van der Waals surface area contributed by atoms with Gasteiger partial charge in [0.2, 0.25) is 0 Å². The lowest BCUT2D eigenvalue weighted by atomic mass is 10.2. The molecule has 18 heavy (non-hydrogen) atoms. The van der Waals surface area contributed by atoms with Gasteiger partial charge in [0.15, 0.2) is 0 Å². The molecule has 2 rings (SSSR count). The number of aryl methyl sites for hydroxylation is 1. The monoisotopic (exact) mass is 332 g/mol. The predicted molar refractivity (Wildman–Crippen MR) is 73.1 cm³/mol. The van der Waals surface area contributed by atoms with E-state index in [2.05, 4.69) is 26.2 Å². The maximum atomic E-state index is 13.5. The number of aromatic nitrogens is 1. The summed E-state index contributed by atoms with van der Waals surface area (Å²) in [4.78, 5) is 5.29. The highest BCUT2D eigenvalue weighted by molar-refractivity contribution is 9.10. The van der Waals surface area contributed by atoms with Gasteiger partial charge in [-0.1, -0.05) is 0 Å². The number of anilines is 1. The largest absolute Gasteiger partial charge is 0.382 e. The van der Waals surface area contributed by atoms with E-state index in [1.54, 1.807) is 16.8 Å². The molecule has 2 aromatic rings. The Morgan fingerprint density at radius 2 is 2.11 bits per heavy atom. The van der Waals surface area contributed by atoms with Gasteiger partial charge in [-0.3, -0.25) is 0 Å². The zero-order valence-electron chi connectivity index (χ0n) is 9.64. The summed E-state index contributed by atoms with van der Waals surface area (Å²) >= 11 is 4.51.